The van der Waals surface area contributed by atoms with Gasteiger partial charge in [-0.2, -0.15) is 0 Å². The molecule has 0 spiro atoms. The Kier molecular flexibility index (Phi) is 6.37. The fourth-order valence-corrected chi connectivity index (χ4v) is 3.69. The number of nitrogens with one attached hydrogen (secondary N) is 1. The van der Waals surface area contributed by atoms with Gasteiger partial charge in [0.15, 0.2) is 0 Å². The lowest BCUT2D eigenvalue weighted by atomic mass is 9.81. The normalized spacial score (nSPS) is 18.8. The number of likely N-dealkylation sites (tertiary alicyclic amines) is 1. The lowest BCUT2D eigenvalue weighted by Crippen LogP contribution is -2.43. The summed E-state index contributed by atoms with van der Waals surface area (Å²) < 4.78 is 6.02. The second kappa shape index (κ2) is 8.78. The van der Waals surface area contributed by atoms with Crippen molar-refractivity contribution in [3.8, 4) is 5.75 Å². The molecule has 0 radical (unpaired) electrons. The molecule has 1 heterocycles. The molecule has 2 aromatic carbocycles. The van der Waals surface area contributed by atoms with E-state index in [4.69, 9.17) is 4.74 Å². The molecule has 0 aliphatic carbocycles. The monoisotopic (exact) mass is 458 g/mol. The Bertz CT molecular complexity index is 911. The lowest BCUT2D eigenvalue weighted by molar-refractivity contribution is -0.143. The summed E-state index contributed by atoms with van der Waals surface area (Å²) in [5.74, 6) is -0.237. The molecule has 3 amide bonds. The van der Waals surface area contributed by atoms with Crippen molar-refractivity contribution in [3.63, 3.8) is 0 Å². The Labute approximate surface area is 178 Å². The minimum Gasteiger partial charge on any atom is -0.497 e. The molecule has 29 heavy (non-hydrogen) atoms. The summed E-state index contributed by atoms with van der Waals surface area (Å²) in [6, 6.07) is 14.9. The molecule has 1 atom stereocenters. The molecule has 1 N–H and O–H groups in total. The maximum Gasteiger partial charge on any atom is 0.240 e. The van der Waals surface area contributed by atoms with Crippen molar-refractivity contribution in [2.24, 2.45) is 0 Å². The van der Waals surface area contributed by atoms with E-state index in [0.29, 0.717) is 13.0 Å². The largest absolute Gasteiger partial charge is 0.497 e. The van der Waals surface area contributed by atoms with E-state index < -0.39 is 5.41 Å². The van der Waals surface area contributed by atoms with Crippen molar-refractivity contribution in [2.45, 2.75) is 25.2 Å². The third-order valence-corrected chi connectivity index (χ3v) is 5.73. The van der Waals surface area contributed by atoms with Crippen LogP contribution in [0.1, 0.15) is 24.5 Å². The first-order valence-corrected chi connectivity index (χ1v) is 10.1. The fraction of sp³-hybridized carbons (Fsp3) is 0.318. The molecule has 0 unspecified atom stereocenters. The van der Waals surface area contributed by atoms with Gasteiger partial charge in [0.1, 0.15) is 12.3 Å². The van der Waals surface area contributed by atoms with E-state index in [9.17, 15) is 14.4 Å². The number of imide groups is 1. The molecule has 1 aliphatic rings. The third kappa shape index (κ3) is 4.67. The van der Waals surface area contributed by atoms with Gasteiger partial charge >= 0.3 is 0 Å². The van der Waals surface area contributed by atoms with E-state index in [0.717, 1.165) is 26.2 Å². The summed E-state index contributed by atoms with van der Waals surface area (Å²) in [6.07, 6.45) is 0.709. The van der Waals surface area contributed by atoms with Crippen LogP contribution in [0.4, 0.5) is 0 Å². The standard InChI is InChI=1S/C22H23BrN2O4/c1-22(16-5-7-17(23)8-6-16)13-20(27)25(21(22)28)14-19(26)24-12-11-15-3-9-18(29-2)10-4-15/h3-10H,11-14H2,1-2H3,(H,24,26)/t22-/m1/s1. The maximum atomic E-state index is 12.9. The number of methoxy groups -OCH3 is 1. The highest BCUT2D eigenvalue weighted by atomic mass is 79.9. The SMILES string of the molecule is COc1ccc(CCNC(=O)CN2C(=O)C[C@](C)(c3ccc(Br)cc3)C2=O)cc1. The summed E-state index contributed by atoms with van der Waals surface area (Å²) in [4.78, 5) is 38.7. The topological polar surface area (TPSA) is 75.7 Å². The molecule has 0 bridgehead atoms. The van der Waals surface area contributed by atoms with Crippen LogP contribution in [0.2, 0.25) is 0 Å². The van der Waals surface area contributed by atoms with Crippen LogP contribution in [0.5, 0.6) is 5.75 Å². The van der Waals surface area contributed by atoms with E-state index >= 15 is 0 Å². The van der Waals surface area contributed by atoms with Crippen molar-refractivity contribution < 1.29 is 19.1 Å². The number of rotatable bonds is 7. The van der Waals surface area contributed by atoms with Crippen LogP contribution in [0.25, 0.3) is 0 Å². The van der Waals surface area contributed by atoms with Gasteiger partial charge in [-0.25, -0.2) is 0 Å². The Morgan fingerprint density at radius 2 is 1.79 bits per heavy atom. The Morgan fingerprint density at radius 3 is 2.41 bits per heavy atom. The molecule has 152 valence electrons. The molecule has 0 aromatic heterocycles. The van der Waals surface area contributed by atoms with Gasteiger partial charge in [0, 0.05) is 17.4 Å². The molecular formula is C22H23BrN2O4. The smallest absolute Gasteiger partial charge is 0.240 e. The predicted octanol–water partition coefficient (Wildman–Crippen LogP) is 2.83. The van der Waals surface area contributed by atoms with Crippen LogP contribution in [-0.4, -0.2) is 42.8 Å². The number of hydrogen-bond donors (Lipinski definition) is 1. The van der Waals surface area contributed by atoms with Crippen molar-refractivity contribution in [1.82, 2.24) is 10.2 Å². The summed E-state index contributed by atoms with van der Waals surface area (Å²) in [6.45, 7) is 1.91. The van der Waals surface area contributed by atoms with Gasteiger partial charge in [-0.15, -0.1) is 0 Å². The quantitative estimate of drug-likeness (QED) is 0.647. The van der Waals surface area contributed by atoms with Gasteiger partial charge in [0.25, 0.3) is 0 Å². The molecular weight excluding hydrogens is 436 g/mol. The number of ether oxygens (including phenoxy) is 1. The van der Waals surface area contributed by atoms with E-state index in [1.165, 1.54) is 0 Å². The fourth-order valence-electron chi connectivity index (χ4n) is 3.43. The molecule has 3 rings (SSSR count). The Balaban J connectivity index is 1.56. The molecule has 1 fully saturated rings. The number of amides is 3. The van der Waals surface area contributed by atoms with Crippen molar-refractivity contribution >= 4 is 33.7 Å². The zero-order valence-corrected chi connectivity index (χ0v) is 18.0. The van der Waals surface area contributed by atoms with E-state index in [1.54, 1.807) is 14.0 Å². The highest BCUT2D eigenvalue weighted by Crippen LogP contribution is 2.36. The molecule has 7 heteroatoms. The van der Waals surface area contributed by atoms with Gasteiger partial charge in [0.2, 0.25) is 17.7 Å². The summed E-state index contributed by atoms with van der Waals surface area (Å²) in [7, 11) is 1.61. The van der Waals surface area contributed by atoms with Crippen LogP contribution < -0.4 is 10.1 Å². The molecule has 6 nitrogen and oxygen atoms in total. The van der Waals surface area contributed by atoms with Crippen LogP contribution in [0, 0.1) is 0 Å². The Morgan fingerprint density at radius 1 is 1.14 bits per heavy atom. The highest BCUT2D eigenvalue weighted by molar-refractivity contribution is 9.10. The molecule has 0 saturated carbocycles. The third-order valence-electron chi connectivity index (χ3n) is 5.20. The highest BCUT2D eigenvalue weighted by Gasteiger charge is 2.49. The average molecular weight is 459 g/mol. The van der Waals surface area contributed by atoms with Gasteiger partial charge in [-0.05, 0) is 48.7 Å². The zero-order valence-electron chi connectivity index (χ0n) is 16.4. The summed E-state index contributed by atoms with van der Waals surface area (Å²) in [5, 5.41) is 2.78. The summed E-state index contributed by atoms with van der Waals surface area (Å²) >= 11 is 3.37. The number of benzene rings is 2. The van der Waals surface area contributed by atoms with Gasteiger partial charge in [-0.1, -0.05) is 40.2 Å². The lowest BCUT2D eigenvalue weighted by Gasteiger charge is -2.22. The van der Waals surface area contributed by atoms with Crippen molar-refractivity contribution in [3.05, 3.63) is 64.1 Å². The van der Waals surface area contributed by atoms with Crippen molar-refractivity contribution in [1.29, 1.82) is 0 Å². The second-order valence-corrected chi connectivity index (χ2v) is 8.16. The van der Waals surface area contributed by atoms with Crippen LogP contribution >= 0.6 is 15.9 Å². The second-order valence-electron chi connectivity index (χ2n) is 7.25. The first-order chi connectivity index (χ1) is 13.8. The van der Waals surface area contributed by atoms with Crippen LogP contribution in [0.15, 0.2) is 53.0 Å². The van der Waals surface area contributed by atoms with Crippen LogP contribution in [-0.2, 0) is 26.2 Å². The van der Waals surface area contributed by atoms with Crippen molar-refractivity contribution in [2.75, 3.05) is 20.2 Å². The Hall–Kier alpha value is -2.67. The van der Waals surface area contributed by atoms with Crippen LogP contribution in [0.3, 0.4) is 0 Å². The number of carbonyl (C=O) groups is 3. The van der Waals surface area contributed by atoms with Gasteiger partial charge < -0.3 is 10.1 Å². The zero-order chi connectivity index (χ0) is 21.0. The van der Waals surface area contributed by atoms with Gasteiger partial charge in [0.05, 0.1) is 12.5 Å². The number of carbonyl (C=O) groups excluding carboxylic acids is 3. The first-order valence-electron chi connectivity index (χ1n) is 9.34. The first kappa shape index (κ1) is 21.0. The maximum absolute atomic E-state index is 12.9. The van der Waals surface area contributed by atoms with E-state index in [2.05, 4.69) is 21.2 Å². The minimum atomic E-state index is -0.943. The van der Waals surface area contributed by atoms with E-state index in [1.807, 2.05) is 48.5 Å². The predicted molar refractivity (Wildman–Crippen MR) is 113 cm³/mol. The van der Waals surface area contributed by atoms with Gasteiger partial charge in [-0.3, -0.25) is 19.3 Å². The molecule has 1 aliphatic heterocycles. The molecule has 2 aromatic rings. The van der Waals surface area contributed by atoms with E-state index in [-0.39, 0.29) is 30.7 Å². The average Bonchev–Trinajstić information content (AvgIpc) is 2.93. The minimum absolute atomic E-state index is 0.0621. The molecule has 1 saturated heterocycles. The summed E-state index contributed by atoms with van der Waals surface area (Å²) in [5.41, 5.74) is 0.880. The number of nitrogens with zero attached hydrogens (tertiary/aromatic N) is 1. The number of halogens is 1. The number of hydrogen-bond acceptors (Lipinski definition) is 4.